The smallest absolute Gasteiger partial charge is 0.303 e. The SMILES string of the molecule is O=C(O)CC1(C2CCCC2)CCOCC1. The molecule has 3 nitrogen and oxygen atoms in total. The zero-order chi connectivity index (χ0) is 10.7. The number of carboxylic acids is 1. The molecule has 1 aliphatic carbocycles. The van der Waals surface area contributed by atoms with Gasteiger partial charge in [-0.05, 0) is 37.0 Å². The van der Waals surface area contributed by atoms with Crippen molar-refractivity contribution in [1.82, 2.24) is 0 Å². The van der Waals surface area contributed by atoms with Gasteiger partial charge < -0.3 is 9.84 Å². The summed E-state index contributed by atoms with van der Waals surface area (Å²) in [7, 11) is 0. The van der Waals surface area contributed by atoms with Gasteiger partial charge in [0.2, 0.25) is 0 Å². The predicted molar refractivity (Wildman–Crippen MR) is 56.7 cm³/mol. The third-order valence-corrected chi connectivity index (χ3v) is 4.21. The van der Waals surface area contributed by atoms with E-state index in [1.165, 1.54) is 25.7 Å². The highest BCUT2D eigenvalue weighted by Gasteiger charge is 2.42. The summed E-state index contributed by atoms with van der Waals surface area (Å²) in [4.78, 5) is 11.0. The first kappa shape index (κ1) is 10.9. The lowest BCUT2D eigenvalue weighted by atomic mass is 9.67. The fourth-order valence-electron chi connectivity index (χ4n) is 3.35. The average molecular weight is 212 g/mol. The number of hydrogen-bond donors (Lipinski definition) is 1. The molecular weight excluding hydrogens is 192 g/mol. The molecule has 1 saturated carbocycles. The van der Waals surface area contributed by atoms with Crippen LogP contribution in [0.3, 0.4) is 0 Å². The molecular formula is C12H20O3. The van der Waals surface area contributed by atoms with Crippen LogP contribution in [-0.2, 0) is 9.53 Å². The van der Waals surface area contributed by atoms with Gasteiger partial charge in [0, 0.05) is 13.2 Å². The number of aliphatic carboxylic acids is 1. The summed E-state index contributed by atoms with van der Waals surface area (Å²) in [5.74, 6) is 0.00120. The largest absolute Gasteiger partial charge is 0.481 e. The quantitative estimate of drug-likeness (QED) is 0.781. The molecule has 0 aromatic rings. The van der Waals surface area contributed by atoms with Gasteiger partial charge in [0.05, 0.1) is 6.42 Å². The molecule has 0 atom stereocenters. The number of carboxylic acid groups (broad SMARTS) is 1. The molecule has 1 aliphatic heterocycles. The number of rotatable bonds is 3. The molecule has 86 valence electrons. The Morgan fingerprint density at radius 1 is 1.27 bits per heavy atom. The maximum atomic E-state index is 11.0. The summed E-state index contributed by atoms with van der Waals surface area (Å²) < 4.78 is 5.37. The normalized spacial score (nSPS) is 26.7. The van der Waals surface area contributed by atoms with Gasteiger partial charge in [-0.25, -0.2) is 0 Å². The van der Waals surface area contributed by atoms with Crippen LogP contribution in [0.4, 0.5) is 0 Å². The van der Waals surface area contributed by atoms with Gasteiger partial charge in [-0.15, -0.1) is 0 Å². The first-order valence-electron chi connectivity index (χ1n) is 6.02. The Morgan fingerprint density at radius 2 is 1.87 bits per heavy atom. The van der Waals surface area contributed by atoms with Crippen LogP contribution in [0.2, 0.25) is 0 Å². The lowest BCUT2D eigenvalue weighted by molar-refractivity contribution is -0.143. The molecule has 2 aliphatic rings. The van der Waals surface area contributed by atoms with Crippen molar-refractivity contribution in [2.75, 3.05) is 13.2 Å². The Bertz CT molecular complexity index is 225. The van der Waals surface area contributed by atoms with Crippen molar-refractivity contribution in [3.05, 3.63) is 0 Å². The van der Waals surface area contributed by atoms with E-state index in [-0.39, 0.29) is 5.41 Å². The van der Waals surface area contributed by atoms with Crippen molar-refractivity contribution in [1.29, 1.82) is 0 Å². The Kier molecular flexibility index (Phi) is 3.29. The first-order chi connectivity index (χ1) is 7.23. The van der Waals surface area contributed by atoms with Crippen molar-refractivity contribution in [3.63, 3.8) is 0 Å². The zero-order valence-electron chi connectivity index (χ0n) is 9.21. The maximum Gasteiger partial charge on any atom is 0.303 e. The van der Waals surface area contributed by atoms with Gasteiger partial charge >= 0.3 is 5.97 Å². The molecule has 3 heteroatoms. The summed E-state index contributed by atoms with van der Waals surface area (Å²) in [6, 6.07) is 0. The highest BCUT2D eigenvalue weighted by atomic mass is 16.5. The van der Waals surface area contributed by atoms with Gasteiger partial charge in [0.1, 0.15) is 0 Å². The van der Waals surface area contributed by atoms with E-state index >= 15 is 0 Å². The number of carbonyl (C=O) groups is 1. The van der Waals surface area contributed by atoms with Crippen LogP contribution in [0.5, 0.6) is 0 Å². The second-order valence-corrected chi connectivity index (χ2v) is 5.03. The fourth-order valence-corrected chi connectivity index (χ4v) is 3.35. The summed E-state index contributed by atoms with van der Waals surface area (Å²) >= 11 is 0. The third kappa shape index (κ3) is 2.33. The molecule has 2 fully saturated rings. The van der Waals surface area contributed by atoms with Crippen LogP contribution in [-0.4, -0.2) is 24.3 Å². The molecule has 0 aromatic heterocycles. The minimum atomic E-state index is -0.635. The van der Waals surface area contributed by atoms with Crippen molar-refractivity contribution < 1.29 is 14.6 Å². The van der Waals surface area contributed by atoms with Crippen molar-refractivity contribution in [2.24, 2.45) is 11.3 Å². The van der Waals surface area contributed by atoms with E-state index in [2.05, 4.69) is 0 Å². The zero-order valence-corrected chi connectivity index (χ0v) is 9.21. The van der Waals surface area contributed by atoms with Crippen LogP contribution in [0.1, 0.15) is 44.9 Å². The van der Waals surface area contributed by atoms with Crippen LogP contribution in [0.15, 0.2) is 0 Å². The molecule has 1 N–H and O–H groups in total. The van der Waals surface area contributed by atoms with E-state index in [9.17, 15) is 4.79 Å². The van der Waals surface area contributed by atoms with E-state index in [4.69, 9.17) is 9.84 Å². The number of ether oxygens (including phenoxy) is 1. The minimum Gasteiger partial charge on any atom is -0.481 e. The molecule has 0 aromatic carbocycles. The van der Waals surface area contributed by atoms with Gasteiger partial charge in [0.25, 0.3) is 0 Å². The lowest BCUT2D eigenvalue weighted by Crippen LogP contribution is -2.37. The maximum absolute atomic E-state index is 11.0. The first-order valence-corrected chi connectivity index (χ1v) is 6.02. The minimum absolute atomic E-state index is 0.0561. The van der Waals surface area contributed by atoms with Crippen molar-refractivity contribution in [3.8, 4) is 0 Å². The summed E-state index contributed by atoms with van der Waals surface area (Å²) in [6.45, 7) is 1.51. The molecule has 0 unspecified atom stereocenters. The Hall–Kier alpha value is -0.570. The summed E-state index contributed by atoms with van der Waals surface area (Å²) in [6.07, 6.45) is 7.27. The highest BCUT2D eigenvalue weighted by molar-refractivity contribution is 5.67. The van der Waals surface area contributed by atoms with Crippen molar-refractivity contribution >= 4 is 5.97 Å². The molecule has 1 heterocycles. The van der Waals surface area contributed by atoms with E-state index < -0.39 is 5.97 Å². The van der Waals surface area contributed by atoms with Crippen LogP contribution in [0.25, 0.3) is 0 Å². The Labute approximate surface area is 90.8 Å². The molecule has 2 rings (SSSR count). The van der Waals surface area contributed by atoms with Crippen LogP contribution < -0.4 is 0 Å². The average Bonchev–Trinajstić information content (AvgIpc) is 2.71. The lowest BCUT2D eigenvalue weighted by Gasteiger charge is -2.41. The van der Waals surface area contributed by atoms with Crippen LogP contribution in [0, 0.1) is 11.3 Å². The van der Waals surface area contributed by atoms with Gasteiger partial charge in [0.15, 0.2) is 0 Å². The molecule has 0 bridgehead atoms. The predicted octanol–water partition coefficient (Wildman–Crippen LogP) is 2.45. The molecule has 1 saturated heterocycles. The Morgan fingerprint density at radius 3 is 2.40 bits per heavy atom. The van der Waals surface area contributed by atoms with Gasteiger partial charge in [-0.2, -0.15) is 0 Å². The topological polar surface area (TPSA) is 46.5 Å². The summed E-state index contributed by atoms with van der Waals surface area (Å²) in [5, 5.41) is 9.05. The van der Waals surface area contributed by atoms with E-state index in [0.29, 0.717) is 12.3 Å². The Balaban J connectivity index is 2.08. The molecule has 15 heavy (non-hydrogen) atoms. The summed E-state index contributed by atoms with van der Waals surface area (Å²) in [5.41, 5.74) is 0.0561. The van der Waals surface area contributed by atoms with Gasteiger partial charge in [-0.1, -0.05) is 12.8 Å². The third-order valence-electron chi connectivity index (χ3n) is 4.21. The fraction of sp³-hybridized carbons (Fsp3) is 0.917. The van der Waals surface area contributed by atoms with E-state index in [1.807, 2.05) is 0 Å². The number of hydrogen-bond acceptors (Lipinski definition) is 2. The van der Waals surface area contributed by atoms with Crippen molar-refractivity contribution in [2.45, 2.75) is 44.9 Å². The molecule has 0 radical (unpaired) electrons. The standard InChI is InChI=1S/C12H20O3/c13-11(14)9-12(5-7-15-8-6-12)10-3-1-2-4-10/h10H,1-9H2,(H,13,14). The highest BCUT2D eigenvalue weighted by Crippen LogP contribution is 2.48. The second kappa shape index (κ2) is 4.52. The van der Waals surface area contributed by atoms with E-state index in [0.717, 1.165) is 26.1 Å². The monoisotopic (exact) mass is 212 g/mol. The second-order valence-electron chi connectivity index (χ2n) is 5.03. The van der Waals surface area contributed by atoms with Gasteiger partial charge in [-0.3, -0.25) is 4.79 Å². The van der Waals surface area contributed by atoms with Crippen LogP contribution >= 0.6 is 0 Å². The molecule has 0 spiro atoms. The van der Waals surface area contributed by atoms with E-state index in [1.54, 1.807) is 0 Å². The molecule has 0 amide bonds.